The number of hydrogen-bond acceptors (Lipinski definition) is 4. The molecule has 0 aliphatic heterocycles. The van der Waals surface area contributed by atoms with Gasteiger partial charge in [-0.1, -0.05) is 36.4 Å². The van der Waals surface area contributed by atoms with Gasteiger partial charge in [0.05, 0.1) is 7.11 Å². The van der Waals surface area contributed by atoms with E-state index in [1.807, 2.05) is 48.5 Å². The Morgan fingerprint density at radius 2 is 1.58 bits per heavy atom. The van der Waals surface area contributed by atoms with Gasteiger partial charge in [0.1, 0.15) is 5.75 Å². The second kappa shape index (κ2) is 4.94. The van der Waals surface area contributed by atoms with Crippen LogP contribution in [-0.2, 0) is 0 Å². The Morgan fingerprint density at radius 1 is 0.895 bits per heavy atom. The van der Waals surface area contributed by atoms with Crippen molar-refractivity contribution in [3.8, 4) is 28.3 Å². The molecule has 1 aromatic heterocycles. The lowest BCUT2D eigenvalue weighted by Gasteiger charge is -2.10. The molecule has 0 spiro atoms. The number of ether oxygens (including phenoxy) is 1. The standard InChI is InChI=1S/C15H12N2O2/c1-18-14-9-5-4-7-12(14)11-6-2-3-8-13(11)15-17-16-10-19-15/h2-10H,1H3. The lowest BCUT2D eigenvalue weighted by molar-refractivity contribution is 0.416. The first-order chi connectivity index (χ1) is 9.40. The summed E-state index contributed by atoms with van der Waals surface area (Å²) in [6, 6.07) is 15.7. The second-order valence-corrected chi connectivity index (χ2v) is 3.99. The quantitative estimate of drug-likeness (QED) is 0.716. The number of para-hydroxylation sites is 1. The highest BCUT2D eigenvalue weighted by Gasteiger charge is 2.13. The minimum absolute atomic E-state index is 0.501. The summed E-state index contributed by atoms with van der Waals surface area (Å²) in [6.45, 7) is 0. The van der Waals surface area contributed by atoms with E-state index in [0.717, 1.165) is 22.4 Å². The first-order valence-corrected chi connectivity index (χ1v) is 5.89. The van der Waals surface area contributed by atoms with Crippen molar-refractivity contribution < 1.29 is 9.15 Å². The van der Waals surface area contributed by atoms with Gasteiger partial charge in [-0.3, -0.25) is 0 Å². The van der Waals surface area contributed by atoms with Crippen molar-refractivity contribution in [2.75, 3.05) is 7.11 Å². The monoisotopic (exact) mass is 252 g/mol. The molecule has 3 aromatic rings. The SMILES string of the molecule is COc1ccccc1-c1ccccc1-c1nnco1. The molecule has 0 saturated carbocycles. The molecule has 0 aliphatic carbocycles. The summed E-state index contributed by atoms with van der Waals surface area (Å²) in [6.07, 6.45) is 1.33. The molecule has 0 saturated heterocycles. The Morgan fingerprint density at radius 3 is 2.26 bits per heavy atom. The molecule has 2 aromatic carbocycles. The van der Waals surface area contributed by atoms with Crippen LogP contribution in [0, 0.1) is 0 Å². The minimum Gasteiger partial charge on any atom is -0.496 e. The zero-order chi connectivity index (χ0) is 13.1. The molecular weight excluding hydrogens is 240 g/mol. The number of nitrogens with zero attached hydrogens (tertiary/aromatic N) is 2. The van der Waals surface area contributed by atoms with Gasteiger partial charge >= 0.3 is 0 Å². The van der Waals surface area contributed by atoms with Crippen LogP contribution in [-0.4, -0.2) is 17.3 Å². The molecule has 0 amide bonds. The molecule has 19 heavy (non-hydrogen) atoms. The fourth-order valence-corrected chi connectivity index (χ4v) is 2.06. The molecule has 0 N–H and O–H groups in total. The van der Waals surface area contributed by atoms with E-state index < -0.39 is 0 Å². The van der Waals surface area contributed by atoms with Crippen LogP contribution in [0.3, 0.4) is 0 Å². The Hall–Kier alpha value is -2.62. The molecule has 0 unspecified atom stereocenters. The summed E-state index contributed by atoms with van der Waals surface area (Å²) in [4.78, 5) is 0. The number of hydrogen-bond donors (Lipinski definition) is 0. The lowest BCUT2D eigenvalue weighted by atomic mass is 9.99. The maximum absolute atomic E-state index is 5.41. The molecule has 3 rings (SSSR count). The van der Waals surface area contributed by atoms with Gasteiger partial charge in [-0.05, 0) is 17.7 Å². The van der Waals surface area contributed by atoms with Crippen LogP contribution in [0.1, 0.15) is 0 Å². The average Bonchev–Trinajstić information content (AvgIpc) is 3.01. The first-order valence-electron chi connectivity index (χ1n) is 5.89. The van der Waals surface area contributed by atoms with Gasteiger partial charge in [0.2, 0.25) is 12.3 Å². The summed E-state index contributed by atoms with van der Waals surface area (Å²) < 4.78 is 10.7. The fraction of sp³-hybridized carbons (Fsp3) is 0.0667. The van der Waals surface area contributed by atoms with Crippen molar-refractivity contribution in [3.63, 3.8) is 0 Å². The Bertz CT molecular complexity index is 678. The van der Waals surface area contributed by atoms with Gasteiger partial charge in [-0.2, -0.15) is 0 Å². The largest absolute Gasteiger partial charge is 0.496 e. The van der Waals surface area contributed by atoms with E-state index in [-0.39, 0.29) is 0 Å². The zero-order valence-electron chi connectivity index (χ0n) is 10.4. The van der Waals surface area contributed by atoms with Gasteiger partial charge in [-0.15, -0.1) is 10.2 Å². The number of aromatic nitrogens is 2. The smallest absolute Gasteiger partial charge is 0.248 e. The van der Waals surface area contributed by atoms with Crippen LogP contribution < -0.4 is 4.74 Å². The molecule has 4 nitrogen and oxygen atoms in total. The van der Waals surface area contributed by atoms with Crippen molar-refractivity contribution in [1.82, 2.24) is 10.2 Å². The van der Waals surface area contributed by atoms with Crippen molar-refractivity contribution >= 4 is 0 Å². The number of methoxy groups -OCH3 is 1. The predicted molar refractivity (Wildman–Crippen MR) is 71.7 cm³/mol. The number of rotatable bonds is 3. The van der Waals surface area contributed by atoms with E-state index in [0.29, 0.717) is 5.89 Å². The summed E-state index contributed by atoms with van der Waals surface area (Å²) in [7, 11) is 1.66. The molecule has 0 bridgehead atoms. The van der Waals surface area contributed by atoms with E-state index in [1.54, 1.807) is 7.11 Å². The normalized spacial score (nSPS) is 10.4. The number of benzene rings is 2. The van der Waals surface area contributed by atoms with Gasteiger partial charge in [0, 0.05) is 11.1 Å². The van der Waals surface area contributed by atoms with Crippen LogP contribution in [0.4, 0.5) is 0 Å². The van der Waals surface area contributed by atoms with Gasteiger partial charge in [0.25, 0.3) is 0 Å². The molecule has 0 aliphatic rings. The van der Waals surface area contributed by atoms with Gasteiger partial charge in [-0.25, -0.2) is 0 Å². The summed E-state index contributed by atoms with van der Waals surface area (Å²) in [5.41, 5.74) is 2.90. The average molecular weight is 252 g/mol. The van der Waals surface area contributed by atoms with Crippen molar-refractivity contribution in [2.45, 2.75) is 0 Å². The Kier molecular flexibility index (Phi) is 2.98. The third-order valence-corrected chi connectivity index (χ3v) is 2.91. The maximum Gasteiger partial charge on any atom is 0.248 e. The Balaban J connectivity index is 2.21. The minimum atomic E-state index is 0.501. The maximum atomic E-state index is 5.41. The van der Waals surface area contributed by atoms with Crippen molar-refractivity contribution in [1.29, 1.82) is 0 Å². The summed E-state index contributed by atoms with van der Waals surface area (Å²) in [5, 5.41) is 7.70. The zero-order valence-corrected chi connectivity index (χ0v) is 10.4. The van der Waals surface area contributed by atoms with Crippen LogP contribution in [0.25, 0.3) is 22.6 Å². The highest BCUT2D eigenvalue weighted by molar-refractivity contribution is 5.83. The molecule has 94 valence electrons. The van der Waals surface area contributed by atoms with Crippen LogP contribution in [0.5, 0.6) is 5.75 Å². The van der Waals surface area contributed by atoms with Crippen LogP contribution in [0.2, 0.25) is 0 Å². The van der Waals surface area contributed by atoms with E-state index >= 15 is 0 Å². The molecule has 0 atom stereocenters. The van der Waals surface area contributed by atoms with Gasteiger partial charge < -0.3 is 9.15 Å². The van der Waals surface area contributed by atoms with E-state index in [9.17, 15) is 0 Å². The molecule has 0 radical (unpaired) electrons. The lowest BCUT2D eigenvalue weighted by Crippen LogP contribution is -1.90. The third-order valence-electron chi connectivity index (χ3n) is 2.91. The summed E-state index contributed by atoms with van der Waals surface area (Å²) >= 11 is 0. The molecular formula is C15H12N2O2. The van der Waals surface area contributed by atoms with Gasteiger partial charge in [0.15, 0.2) is 0 Å². The second-order valence-electron chi connectivity index (χ2n) is 3.99. The van der Waals surface area contributed by atoms with E-state index in [4.69, 9.17) is 9.15 Å². The fourth-order valence-electron chi connectivity index (χ4n) is 2.06. The highest BCUT2D eigenvalue weighted by atomic mass is 16.5. The van der Waals surface area contributed by atoms with Crippen molar-refractivity contribution in [2.24, 2.45) is 0 Å². The molecule has 1 heterocycles. The third kappa shape index (κ3) is 2.08. The predicted octanol–water partition coefficient (Wildman–Crippen LogP) is 3.41. The summed E-state index contributed by atoms with van der Waals surface area (Å²) in [5.74, 6) is 1.32. The van der Waals surface area contributed by atoms with E-state index in [2.05, 4.69) is 10.2 Å². The molecule has 0 fully saturated rings. The highest BCUT2D eigenvalue weighted by Crippen LogP contribution is 2.36. The van der Waals surface area contributed by atoms with Crippen LogP contribution in [0.15, 0.2) is 59.3 Å². The van der Waals surface area contributed by atoms with Crippen molar-refractivity contribution in [3.05, 3.63) is 54.9 Å². The first kappa shape index (κ1) is 11.5. The Labute approximate surface area is 110 Å². The van der Waals surface area contributed by atoms with Crippen LogP contribution >= 0.6 is 0 Å². The topological polar surface area (TPSA) is 48.2 Å². The van der Waals surface area contributed by atoms with E-state index in [1.165, 1.54) is 6.39 Å². The molecule has 4 heteroatoms.